The van der Waals surface area contributed by atoms with Crippen LogP contribution < -0.4 is 9.46 Å². The quantitative estimate of drug-likeness (QED) is 0.735. The topological polar surface area (TPSA) is 92.7 Å². The summed E-state index contributed by atoms with van der Waals surface area (Å²) in [4.78, 5) is 10.5. The Labute approximate surface area is 145 Å². The van der Waals surface area contributed by atoms with Gasteiger partial charge in [-0.15, -0.1) is 0 Å². The molecule has 140 valence electrons. The molecule has 2 aromatic carbocycles. The van der Waals surface area contributed by atoms with E-state index in [4.69, 9.17) is 5.11 Å². The van der Waals surface area contributed by atoms with E-state index in [1.54, 1.807) is 0 Å². The van der Waals surface area contributed by atoms with E-state index in [-0.39, 0.29) is 5.56 Å². The maximum Gasteiger partial charge on any atom is 0.422 e. The van der Waals surface area contributed by atoms with Crippen LogP contribution in [-0.4, -0.2) is 32.3 Å². The van der Waals surface area contributed by atoms with Crippen molar-refractivity contribution >= 4 is 21.7 Å². The van der Waals surface area contributed by atoms with Gasteiger partial charge in [0, 0.05) is 6.07 Å². The summed E-state index contributed by atoms with van der Waals surface area (Å²) < 4.78 is 81.3. The summed E-state index contributed by atoms with van der Waals surface area (Å²) in [5, 5.41) is 8.90. The van der Waals surface area contributed by atoms with E-state index in [2.05, 4.69) is 4.74 Å². The normalized spacial score (nSPS) is 11.8. The minimum atomic E-state index is -4.68. The van der Waals surface area contributed by atoms with Gasteiger partial charge in [0.05, 0.1) is 16.1 Å². The molecule has 0 aliphatic rings. The third-order valence-corrected chi connectivity index (χ3v) is 4.33. The molecule has 11 heteroatoms. The predicted molar refractivity (Wildman–Crippen MR) is 82.2 cm³/mol. The number of hydrogen-bond acceptors (Lipinski definition) is 4. The maximum absolute atomic E-state index is 13.4. The van der Waals surface area contributed by atoms with E-state index in [9.17, 15) is 30.8 Å². The molecule has 0 radical (unpaired) electrons. The lowest BCUT2D eigenvalue weighted by molar-refractivity contribution is -0.153. The van der Waals surface area contributed by atoms with E-state index < -0.39 is 50.9 Å². The summed E-state index contributed by atoms with van der Waals surface area (Å²) >= 11 is 0. The number of alkyl halides is 3. The molecule has 26 heavy (non-hydrogen) atoms. The van der Waals surface area contributed by atoms with Gasteiger partial charge >= 0.3 is 12.1 Å². The van der Waals surface area contributed by atoms with Crippen molar-refractivity contribution < 1.29 is 40.6 Å². The molecule has 0 amide bonds. The number of hydrogen-bond donors (Lipinski definition) is 2. The first-order valence-electron chi connectivity index (χ1n) is 6.83. The molecule has 0 bridgehead atoms. The third-order valence-electron chi connectivity index (χ3n) is 2.97. The molecule has 0 saturated carbocycles. The standard InChI is InChI=1S/C15H11F4NO5S/c16-10-4-5-13(25-8-15(17,18)19)12(7-10)20-26(23,24)11-3-1-2-9(6-11)14(21)22/h1-7,20H,8H2,(H,21,22). The SMILES string of the molecule is O=C(O)c1cccc(S(=O)(=O)Nc2cc(F)ccc2OCC(F)(F)F)c1. The number of carboxylic acid groups (broad SMARTS) is 1. The van der Waals surface area contributed by atoms with Crippen molar-refractivity contribution in [1.29, 1.82) is 0 Å². The monoisotopic (exact) mass is 393 g/mol. The number of rotatable bonds is 6. The molecule has 0 atom stereocenters. The second kappa shape index (κ2) is 7.20. The smallest absolute Gasteiger partial charge is 0.422 e. The van der Waals surface area contributed by atoms with Gasteiger partial charge in [-0.05, 0) is 30.3 Å². The van der Waals surface area contributed by atoms with Crippen molar-refractivity contribution in [3.05, 3.63) is 53.8 Å². The summed E-state index contributed by atoms with van der Waals surface area (Å²) in [6.07, 6.45) is -4.68. The van der Waals surface area contributed by atoms with Crippen molar-refractivity contribution in [3.8, 4) is 5.75 Å². The number of ether oxygens (including phenoxy) is 1. The van der Waals surface area contributed by atoms with Crippen molar-refractivity contribution in [2.75, 3.05) is 11.3 Å². The van der Waals surface area contributed by atoms with Crippen LogP contribution >= 0.6 is 0 Å². The maximum atomic E-state index is 13.4. The highest BCUT2D eigenvalue weighted by Gasteiger charge is 2.29. The Hall–Kier alpha value is -2.82. The average Bonchev–Trinajstić information content (AvgIpc) is 2.53. The van der Waals surface area contributed by atoms with Gasteiger partial charge in [0.2, 0.25) is 0 Å². The largest absolute Gasteiger partial charge is 0.482 e. The van der Waals surface area contributed by atoms with E-state index in [0.29, 0.717) is 6.07 Å². The lowest BCUT2D eigenvalue weighted by Gasteiger charge is -2.15. The average molecular weight is 393 g/mol. The highest BCUT2D eigenvalue weighted by Crippen LogP contribution is 2.29. The molecular weight excluding hydrogens is 382 g/mol. The fourth-order valence-electron chi connectivity index (χ4n) is 1.87. The lowest BCUT2D eigenvalue weighted by Crippen LogP contribution is -2.20. The molecule has 0 spiro atoms. The number of carboxylic acids is 1. The zero-order chi connectivity index (χ0) is 19.5. The molecule has 0 unspecified atom stereocenters. The number of aromatic carboxylic acids is 1. The summed E-state index contributed by atoms with van der Waals surface area (Å²) in [7, 11) is -4.40. The fraction of sp³-hybridized carbons (Fsp3) is 0.133. The van der Waals surface area contributed by atoms with Gasteiger partial charge in [0.15, 0.2) is 6.61 Å². The molecule has 0 aromatic heterocycles. The van der Waals surface area contributed by atoms with Gasteiger partial charge in [0.25, 0.3) is 10.0 Å². The minimum absolute atomic E-state index is 0.319. The van der Waals surface area contributed by atoms with Crippen LogP contribution in [-0.2, 0) is 10.0 Å². The first-order chi connectivity index (χ1) is 12.0. The van der Waals surface area contributed by atoms with E-state index in [1.165, 1.54) is 6.07 Å². The highest BCUT2D eigenvalue weighted by atomic mass is 32.2. The van der Waals surface area contributed by atoms with Crippen molar-refractivity contribution in [2.45, 2.75) is 11.1 Å². The number of benzene rings is 2. The van der Waals surface area contributed by atoms with E-state index in [1.807, 2.05) is 4.72 Å². The number of halogens is 4. The summed E-state index contributed by atoms with van der Waals surface area (Å²) in [5.74, 6) is -2.83. The van der Waals surface area contributed by atoms with Gasteiger partial charge in [-0.25, -0.2) is 17.6 Å². The second-order valence-electron chi connectivity index (χ2n) is 4.98. The number of anilines is 1. The predicted octanol–water partition coefficient (Wildman–Crippen LogP) is 3.27. The molecule has 0 heterocycles. The molecule has 2 N–H and O–H groups in total. The van der Waals surface area contributed by atoms with Crippen LogP contribution in [0.4, 0.5) is 23.2 Å². The zero-order valence-corrected chi connectivity index (χ0v) is 13.6. The number of sulfonamides is 1. The van der Waals surface area contributed by atoms with E-state index in [0.717, 1.165) is 30.3 Å². The van der Waals surface area contributed by atoms with Crippen molar-refractivity contribution in [2.24, 2.45) is 0 Å². The molecule has 0 aliphatic carbocycles. The van der Waals surface area contributed by atoms with Gasteiger partial charge < -0.3 is 9.84 Å². The number of carbonyl (C=O) groups is 1. The van der Waals surface area contributed by atoms with Crippen LogP contribution in [0.2, 0.25) is 0 Å². The van der Waals surface area contributed by atoms with Crippen LogP contribution in [0.3, 0.4) is 0 Å². The Kier molecular flexibility index (Phi) is 5.40. The molecule has 2 rings (SSSR count). The molecular formula is C15H11F4NO5S. The number of nitrogens with one attached hydrogen (secondary N) is 1. The molecule has 2 aromatic rings. The first kappa shape index (κ1) is 19.5. The Balaban J connectivity index is 2.35. The molecule has 6 nitrogen and oxygen atoms in total. The Morgan fingerprint density at radius 2 is 1.85 bits per heavy atom. The summed E-state index contributed by atoms with van der Waals surface area (Å²) in [6.45, 7) is -1.71. The third kappa shape index (κ3) is 5.09. The highest BCUT2D eigenvalue weighted by molar-refractivity contribution is 7.92. The van der Waals surface area contributed by atoms with Gasteiger partial charge in [-0.2, -0.15) is 13.2 Å². The molecule has 0 fully saturated rings. The lowest BCUT2D eigenvalue weighted by atomic mass is 10.2. The van der Waals surface area contributed by atoms with Crippen LogP contribution in [0, 0.1) is 5.82 Å². The minimum Gasteiger partial charge on any atom is -0.482 e. The fourth-order valence-corrected chi connectivity index (χ4v) is 2.97. The van der Waals surface area contributed by atoms with Crippen LogP contribution in [0.15, 0.2) is 47.4 Å². The summed E-state index contributed by atoms with van der Waals surface area (Å²) in [6, 6.07) is 6.53. The second-order valence-corrected chi connectivity index (χ2v) is 6.67. The van der Waals surface area contributed by atoms with Gasteiger partial charge in [-0.1, -0.05) is 6.07 Å². The van der Waals surface area contributed by atoms with Gasteiger partial charge in [0.1, 0.15) is 11.6 Å². The Morgan fingerprint density at radius 3 is 2.46 bits per heavy atom. The van der Waals surface area contributed by atoms with Crippen molar-refractivity contribution in [1.82, 2.24) is 0 Å². The molecule has 0 aliphatic heterocycles. The molecule has 0 saturated heterocycles. The zero-order valence-electron chi connectivity index (χ0n) is 12.7. The van der Waals surface area contributed by atoms with Crippen molar-refractivity contribution in [3.63, 3.8) is 0 Å². The summed E-state index contributed by atoms with van der Waals surface area (Å²) in [5.41, 5.74) is -0.879. The van der Waals surface area contributed by atoms with Crippen LogP contribution in [0.1, 0.15) is 10.4 Å². The Bertz CT molecular complexity index is 928. The first-order valence-corrected chi connectivity index (χ1v) is 8.31. The van der Waals surface area contributed by atoms with Gasteiger partial charge in [-0.3, -0.25) is 4.72 Å². The Morgan fingerprint density at radius 1 is 1.15 bits per heavy atom. The van der Waals surface area contributed by atoms with Crippen LogP contribution in [0.25, 0.3) is 0 Å². The van der Waals surface area contributed by atoms with Crippen LogP contribution in [0.5, 0.6) is 5.75 Å². The van der Waals surface area contributed by atoms with E-state index >= 15 is 0 Å².